The Bertz CT molecular complexity index is 353. The molecule has 4 heteroatoms. The summed E-state index contributed by atoms with van der Waals surface area (Å²) in [6.45, 7) is 1.94. The zero-order chi connectivity index (χ0) is 9.19. The van der Waals surface area contributed by atoms with Gasteiger partial charge in [-0.25, -0.2) is 8.42 Å². The first kappa shape index (κ1) is 9.47. The minimum atomic E-state index is -2.95. The number of hydrogen-bond acceptors (Lipinski definition) is 2. The lowest BCUT2D eigenvalue weighted by atomic mass is 10.2. The Morgan fingerprint density at radius 3 is 2.17 bits per heavy atom. The van der Waals surface area contributed by atoms with Gasteiger partial charge in [0, 0.05) is 15.6 Å². The summed E-state index contributed by atoms with van der Waals surface area (Å²) >= 11 is 0. The molecule has 0 amide bonds. The number of sulfone groups is 1. The van der Waals surface area contributed by atoms with Gasteiger partial charge in [-0.05, 0) is 19.1 Å². The first-order valence-corrected chi connectivity index (χ1v) is 6.92. The molecule has 66 valence electrons. The molecule has 0 aromatic heterocycles. The van der Waals surface area contributed by atoms with Crippen LogP contribution in [0.15, 0.2) is 29.2 Å². The van der Waals surface area contributed by atoms with E-state index >= 15 is 0 Å². The van der Waals surface area contributed by atoms with E-state index in [0.29, 0.717) is 20.5 Å². The summed E-state index contributed by atoms with van der Waals surface area (Å²) < 4.78 is 22.7. The molecule has 0 radical (unpaired) electrons. The minimum Gasteiger partial charge on any atom is -0.224 e. The summed E-state index contributed by atoms with van der Waals surface area (Å²) in [5.41, 5.74) is 1.09. The fourth-order valence-electron chi connectivity index (χ4n) is 0.912. The SMILES string of the molecule is Cc1ccc(S(=O)(=O)C[SiH3])cc1. The molecule has 0 aliphatic rings. The largest absolute Gasteiger partial charge is 0.224 e. The molecule has 12 heavy (non-hydrogen) atoms. The van der Waals surface area contributed by atoms with Gasteiger partial charge in [0.1, 0.15) is 0 Å². The maximum atomic E-state index is 11.3. The van der Waals surface area contributed by atoms with Crippen LogP contribution in [0.25, 0.3) is 0 Å². The highest BCUT2D eigenvalue weighted by Crippen LogP contribution is 2.10. The fourth-order valence-corrected chi connectivity index (χ4v) is 2.80. The first-order valence-electron chi connectivity index (χ1n) is 3.85. The van der Waals surface area contributed by atoms with E-state index < -0.39 is 9.84 Å². The van der Waals surface area contributed by atoms with Crippen LogP contribution in [0, 0.1) is 6.92 Å². The van der Waals surface area contributed by atoms with Crippen LogP contribution in [0.2, 0.25) is 0 Å². The van der Waals surface area contributed by atoms with Crippen molar-refractivity contribution in [1.82, 2.24) is 0 Å². The average Bonchev–Trinajstić information content (AvgIpc) is 2.05. The molecule has 0 saturated heterocycles. The van der Waals surface area contributed by atoms with Gasteiger partial charge in [-0.2, -0.15) is 0 Å². The van der Waals surface area contributed by atoms with Gasteiger partial charge >= 0.3 is 0 Å². The van der Waals surface area contributed by atoms with Crippen molar-refractivity contribution in [1.29, 1.82) is 0 Å². The third kappa shape index (κ3) is 1.95. The molecule has 0 N–H and O–H groups in total. The third-order valence-corrected chi connectivity index (χ3v) is 5.79. The zero-order valence-electron chi connectivity index (χ0n) is 7.24. The van der Waals surface area contributed by atoms with Crippen molar-refractivity contribution >= 4 is 20.1 Å². The molecular weight excluding hydrogens is 188 g/mol. The molecule has 0 aliphatic carbocycles. The summed E-state index contributed by atoms with van der Waals surface area (Å²) in [7, 11) is -2.26. The summed E-state index contributed by atoms with van der Waals surface area (Å²) in [4.78, 5) is 0.447. The van der Waals surface area contributed by atoms with Gasteiger partial charge in [-0.15, -0.1) is 0 Å². The Kier molecular flexibility index (Phi) is 2.69. The zero-order valence-corrected chi connectivity index (χ0v) is 10.1. The molecule has 0 aliphatic heterocycles. The van der Waals surface area contributed by atoms with E-state index in [0.717, 1.165) is 5.56 Å². The molecule has 2 nitrogen and oxygen atoms in total. The van der Waals surface area contributed by atoms with Crippen molar-refractivity contribution in [3.05, 3.63) is 29.8 Å². The van der Waals surface area contributed by atoms with Crippen LogP contribution in [0.1, 0.15) is 5.56 Å². The molecule has 0 saturated carbocycles. The van der Waals surface area contributed by atoms with Crippen molar-refractivity contribution in [3.8, 4) is 0 Å². The maximum absolute atomic E-state index is 11.3. The minimum absolute atomic E-state index is 0.302. The Balaban J connectivity index is 3.14. The lowest BCUT2D eigenvalue weighted by molar-refractivity contribution is 0.600. The van der Waals surface area contributed by atoms with Crippen LogP contribution in [0.3, 0.4) is 0 Å². The van der Waals surface area contributed by atoms with E-state index in [1.165, 1.54) is 0 Å². The van der Waals surface area contributed by atoms with Gasteiger partial charge in [0.15, 0.2) is 9.84 Å². The standard InChI is InChI=1S/C8H12O2SSi/c1-7-2-4-8(5-3-7)11(9,10)6-12/h2-5H,6H2,1,12H3. The van der Waals surface area contributed by atoms with Gasteiger partial charge in [-0.1, -0.05) is 17.7 Å². The Hall–Kier alpha value is -0.613. The van der Waals surface area contributed by atoms with Crippen molar-refractivity contribution in [2.75, 3.05) is 5.38 Å². The normalized spacial score (nSPS) is 11.8. The van der Waals surface area contributed by atoms with Crippen molar-refractivity contribution in [3.63, 3.8) is 0 Å². The molecular formula is C8H12O2SSi. The van der Waals surface area contributed by atoms with Gasteiger partial charge in [0.05, 0.1) is 4.90 Å². The van der Waals surface area contributed by atoms with Gasteiger partial charge in [0.2, 0.25) is 0 Å². The summed E-state index contributed by atoms with van der Waals surface area (Å²) in [5, 5.41) is 0.302. The van der Waals surface area contributed by atoms with Gasteiger partial charge in [0.25, 0.3) is 0 Å². The molecule has 0 atom stereocenters. The Labute approximate surface area is 76.0 Å². The second kappa shape index (κ2) is 3.41. The lowest BCUT2D eigenvalue weighted by Crippen LogP contribution is -2.05. The second-order valence-electron chi connectivity index (χ2n) is 2.72. The van der Waals surface area contributed by atoms with E-state index in [4.69, 9.17) is 0 Å². The molecule has 0 spiro atoms. The van der Waals surface area contributed by atoms with Crippen LogP contribution in [0.4, 0.5) is 0 Å². The summed E-state index contributed by atoms with van der Waals surface area (Å²) in [6, 6.07) is 6.99. The highest BCUT2D eigenvalue weighted by molar-refractivity contribution is 7.92. The van der Waals surface area contributed by atoms with Crippen molar-refractivity contribution in [2.24, 2.45) is 0 Å². The molecule has 0 unspecified atom stereocenters. The van der Waals surface area contributed by atoms with E-state index in [-0.39, 0.29) is 0 Å². The third-order valence-electron chi connectivity index (χ3n) is 1.76. The van der Waals surface area contributed by atoms with E-state index in [9.17, 15) is 8.42 Å². The molecule has 1 aromatic carbocycles. The fraction of sp³-hybridized carbons (Fsp3) is 0.250. The molecule has 0 heterocycles. The number of aryl methyl sites for hydroxylation is 1. The highest BCUT2D eigenvalue weighted by atomic mass is 32.2. The van der Waals surface area contributed by atoms with Gasteiger partial charge in [-0.3, -0.25) is 0 Å². The Morgan fingerprint density at radius 1 is 1.25 bits per heavy atom. The van der Waals surface area contributed by atoms with Crippen molar-refractivity contribution < 1.29 is 8.42 Å². The summed E-state index contributed by atoms with van der Waals surface area (Å²) in [5.74, 6) is 0. The van der Waals surface area contributed by atoms with Crippen LogP contribution >= 0.6 is 0 Å². The topological polar surface area (TPSA) is 34.1 Å². The van der Waals surface area contributed by atoms with Crippen LogP contribution < -0.4 is 0 Å². The monoisotopic (exact) mass is 200 g/mol. The van der Waals surface area contributed by atoms with Crippen LogP contribution in [-0.2, 0) is 9.84 Å². The lowest BCUT2D eigenvalue weighted by Gasteiger charge is -2.00. The molecule has 0 fully saturated rings. The first-order chi connectivity index (χ1) is 5.56. The quantitative estimate of drug-likeness (QED) is 0.634. The van der Waals surface area contributed by atoms with Crippen LogP contribution in [0.5, 0.6) is 0 Å². The van der Waals surface area contributed by atoms with Crippen molar-refractivity contribution in [2.45, 2.75) is 11.8 Å². The maximum Gasteiger partial charge on any atom is 0.174 e. The number of rotatable bonds is 2. The Morgan fingerprint density at radius 2 is 1.75 bits per heavy atom. The highest BCUT2D eigenvalue weighted by Gasteiger charge is 2.09. The average molecular weight is 200 g/mol. The molecule has 1 aromatic rings. The smallest absolute Gasteiger partial charge is 0.174 e. The van der Waals surface area contributed by atoms with E-state index in [1.54, 1.807) is 12.1 Å². The number of benzene rings is 1. The second-order valence-corrected chi connectivity index (χ2v) is 6.73. The predicted octanol–water partition coefficient (Wildman–Crippen LogP) is 0.0916. The van der Waals surface area contributed by atoms with E-state index in [2.05, 4.69) is 0 Å². The van der Waals surface area contributed by atoms with E-state index in [1.807, 2.05) is 19.1 Å². The van der Waals surface area contributed by atoms with Gasteiger partial charge < -0.3 is 0 Å². The molecule has 1 rings (SSSR count). The molecule has 0 bridgehead atoms. The predicted molar refractivity (Wildman–Crippen MR) is 53.2 cm³/mol. The van der Waals surface area contributed by atoms with Crippen LogP contribution in [-0.4, -0.2) is 24.0 Å². The number of hydrogen-bond donors (Lipinski definition) is 0. The summed E-state index contributed by atoms with van der Waals surface area (Å²) in [6.07, 6.45) is 0.